The Balaban J connectivity index is 1.32. The van der Waals surface area contributed by atoms with E-state index in [9.17, 15) is 13.2 Å². The van der Waals surface area contributed by atoms with Gasteiger partial charge in [0.05, 0.1) is 33.1 Å². The number of sulfonamides is 1. The van der Waals surface area contributed by atoms with Crippen molar-refractivity contribution in [2.75, 3.05) is 13.2 Å². The van der Waals surface area contributed by atoms with Crippen LogP contribution in [0.15, 0.2) is 46.7 Å². The first-order valence-electron chi connectivity index (χ1n) is 9.91. The van der Waals surface area contributed by atoms with E-state index in [-0.39, 0.29) is 23.5 Å². The smallest absolute Gasteiger partial charge is 0.251 e. The van der Waals surface area contributed by atoms with E-state index < -0.39 is 10.0 Å². The minimum Gasteiger partial charge on any atom is -0.377 e. The Bertz CT molecular complexity index is 1150. The average Bonchev–Trinajstić information content (AvgIpc) is 3.52. The molecule has 3 heterocycles. The van der Waals surface area contributed by atoms with E-state index in [1.807, 2.05) is 24.4 Å². The number of rotatable bonds is 8. The first-order valence-corrected chi connectivity index (χ1v) is 13.1. The van der Waals surface area contributed by atoms with E-state index in [0.717, 1.165) is 33.3 Å². The number of thiophene rings is 1. The molecule has 4 rings (SSSR count). The van der Waals surface area contributed by atoms with E-state index in [1.54, 1.807) is 22.7 Å². The molecule has 7 nitrogen and oxygen atoms in total. The molecule has 1 aliphatic rings. The third-order valence-corrected chi connectivity index (χ3v) is 8.23. The summed E-state index contributed by atoms with van der Waals surface area (Å²) in [7, 11) is -3.63. The molecule has 10 heteroatoms. The number of ether oxygens (including phenoxy) is 1. The Morgan fingerprint density at radius 2 is 2.03 bits per heavy atom. The molecule has 0 radical (unpaired) electrons. The second-order valence-corrected chi connectivity index (χ2v) is 11.2. The van der Waals surface area contributed by atoms with Crippen molar-refractivity contribution in [3.05, 3.63) is 57.2 Å². The monoisotopic (exact) mass is 477 g/mol. The van der Waals surface area contributed by atoms with Gasteiger partial charge in [-0.2, -0.15) is 0 Å². The predicted molar refractivity (Wildman–Crippen MR) is 122 cm³/mol. The first kappa shape index (κ1) is 22.1. The van der Waals surface area contributed by atoms with Crippen LogP contribution < -0.4 is 10.0 Å². The molecule has 1 fully saturated rings. The lowest BCUT2D eigenvalue weighted by Crippen LogP contribution is -2.31. The van der Waals surface area contributed by atoms with Crippen molar-refractivity contribution in [1.29, 1.82) is 0 Å². The summed E-state index contributed by atoms with van der Waals surface area (Å²) in [5, 5.41) is 5.92. The van der Waals surface area contributed by atoms with Gasteiger partial charge in [-0.1, -0.05) is 0 Å². The van der Waals surface area contributed by atoms with Gasteiger partial charge in [0.1, 0.15) is 0 Å². The van der Waals surface area contributed by atoms with Crippen LogP contribution in [-0.2, 0) is 21.3 Å². The summed E-state index contributed by atoms with van der Waals surface area (Å²) in [4.78, 5) is 19.2. The number of aromatic nitrogens is 1. The highest BCUT2D eigenvalue weighted by atomic mass is 32.2. The second-order valence-electron chi connectivity index (χ2n) is 7.21. The third-order valence-electron chi connectivity index (χ3n) is 4.91. The number of hydrogen-bond donors (Lipinski definition) is 2. The van der Waals surface area contributed by atoms with Gasteiger partial charge in [-0.25, -0.2) is 18.1 Å². The van der Waals surface area contributed by atoms with Crippen LogP contribution in [0.3, 0.4) is 0 Å². The van der Waals surface area contributed by atoms with E-state index in [1.165, 1.54) is 24.3 Å². The molecular weight excluding hydrogens is 454 g/mol. The molecule has 1 unspecified atom stereocenters. The van der Waals surface area contributed by atoms with E-state index in [0.29, 0.717) is 18.7 Å². The van der Waals surface area contributed by atoms with Crippen molar-refractivity contribution in [1.82, 2.24) is 15.0 Å². The lowest BCUT2D eigenvalue weighted by atomic mass is 10.2. The van der Waals surface area contributed by atoms with Gasteiger partial charge < -0.3 is 10.1 Å². The Labute approximate surface area is 189 Å². The molecule has 164 valence electrons. The van der Waals surface area contributed by atoms with E-state index in [4.69, 9.17) is 4.74 Å². The van der Waals surface area contributed by atoms with Gasteiger partial charge in [0.15, 0.2) is 0 Å². The molecule has 0 spiro atoms. The highest BCUT2D eigenvalue weighted by molar-refractivity contribution is 7.89. The van der Waals surface area contributed by atoms with Crippen LogP contribution in [0.25, 0.3) is 10.6 Å². The van der Waals surface area contributed by atoms with Gasteiger partial charge in [0, 0.05) is 29.0 Å². The molecule has 1 saturated heterocycles. The maximum Gasteiger partial charge on any atom is 0.251 e. The highest BCUT2D eigenvalue weighted by Gasteiger charge is 2.20. The average molecular weight is 478 g/mol. The maximum atomic E-state index is 12.5. The Morgan fingerprint density at radius 1 is 1.23 bits per heavy atom. The van der Waals surface area contributed by atoms with Crippen molar-refractivity contribution >= 4 is 38.6 Å². The number of aryl methyl sites for hydroxylation is 1. The van der Waals surface area contributed by atoms with Crippen molar-refractivity contribution in [3.63, 3.8) is 0 Å². The molecule has 0 aliphatic carbocycles. The fourth-order valence-electron chi connectivity index (χ4n) is 3.23. The summed E-state index contributed by atoms with van der Waals surface area (Å²) in [6, 6.07) is 9.91. The lowest BCUT2D eigenvalue weighted by Gasteiger charge is -2.11. The van der Waals surface area contributed by atoms with Crippen LogP contribution in [-0.4, -0.2) is 38.6 Å². The molecule has 2 N–H and O–H groups in total. The van der Waals surface area contributed by atoms with Crippen molar-refractivity contribution in [2.45, 2.75) is 37.3 Å². The fraction of sp³-hybridized carbons (Fsp3) is 0.333. The summed E-state index contributed by atoms with van der Waals surface area (Å²) in [5.74, 6) is -0.254. The molecule has 2 aromatic heterocycles. The number of carbonyl (C=O) groups is 1. The molecule has 31 heavy (non-hydrogen) atoms. The largest absolute Gasteiger partial charge is 0.377 e. The van der Waals surface area contributed by atoms with Crippen LogP contribution >= 0.6 is 22.7 Å². The number of hydrogen-bond acceptors (Lipinski definition) is 7. The topological polar surface area (TPSA) is 97.4 Å². The number of benzene rings is 1. The van der Waals surface area contributed by atoms with Gasteiger partial charge in [0.2, 0.25) is 10.0 Å². The zero-order chi connectivity index (χ0) is 21.8. The number of nitrogens with one attached hydrogen (secondary N) is 2. The molecule has 1 aliphatic heterocycles. The fourth-order valence-corrected chi connectivity index (χ4v) is 5.90. The third kappa shape index (κ3) is 5.58. The van der Waals surface area contributed by atoms with E-state index >= 15 is 0 Å². The lowest BCUT2D eigenvalue weighted by molar-refractivity contribution is 0.0951. The first-order chi connectivity index (χ1) is 14.9. The summed E-state index contributed by atoms with van der Waals surface area (Å²) >= 11 is 3.20. The number of thiazole rings is 1. The molecule has 1 amide bonds. The molecule has 1 aromatic carbocycles. The van der Waals surface area contributed by atoms with Crippen LogP contribution in [0.2, 0.25) is 0 Å². The number of nitrogens with zero attached hydrogens (tertiary/aromatic N) is 1. The molecule has 3 aromatic rings. The van der Waals surface area contributed by atoms with Gasteiger partial charge in [-0.05, 0) is 56.2 Å². The quantitative estimate of drug-likeness (QED) is 0.517. The minimum absolute atomic E-state index is 0.0721. The summed E-state index contributed by atoms with van der Waals surface area (Å²) in [5.41, 5.74) is 1.36. The summed E-state index contributed by atoms with van der Waals surface area (Å²) in [6.07, 6.45) is 1.74. The molecule has 0 bridgehead atoms. The normalized spacial score (nSPS) is 16.5. The molecule has 1 atom stereocenters. The highest BCUT2D eigenvalue weighted by Crippen LogP contribution is 2.29. The van der Waals surface area contributed by atoms with Gasteiger partial charge in [-0.15, -0.1) is 22.7 Å². The standard InChI is InChI=1S/C21H23N3O4S3/c1-14-24-19(13-29-14)20-9-6-17(30-20)12-22-21(25)15-4-7-18(8-5-15)31(26,27)23-11-16-3-2-10-28-16/h4-9,13,16,23H,2-3,10-12H2,1H3,(H,22,25). The Morgan fingerprint density at radius 3 is 2.71 bits per heavy atom. The van der Waals surface area contributed by atoms with Gasteiger partial charge in [0.25, 0.3) is 5.91 Å². The second kappa shape index (κ2) is 9.58. The zero-order valence-corrected chi connectivity index (χ0v) is 19.4. The predicted octanol–water partition coefficient (Wildman–Crippen LogP) is 3.57. The van der Waals surface area contributed by atoms with Crippen molar-refractivity contribution in [2.24, 2.45) is 0 Å². The Kier molecular flexibility index (Phi) is 6.83. The molecular formula is C21H23N3O4S3. The summed E-state index contributed by atoms with van der Waals surface area (Å²) in [6.45, 7) is 3.30. The zero-order valence-electron chi connectivity index (χ0n) is 17.0. The van der Waals surface area contributed by atoms with Gasteiger partial charge >= 0.3 is 0 Å². The van der Waals surface area contributed by atoms with Crippen LogP contribution in [0.4, 0.5) is 0 Å². The van der Waals surface area contributed by atoms with Crippen molar-refractivity contribution < 1.29 is 17.9 Å². The number of amides is 1. The number of carbonyl (C=O) groups excluding carboxylic acids is 1. The molecule has 0 saturated carbocycles. The SMILES string of the molecule is Cc1nc(-c2ccc(CNC(=O)c3ccc(S(=O)(=O)NCC4CCCO4)cc3)s2)cs1. The van der Waals surface area contributed by atoms with Crippen LogP contribution in [0.5, 0.6) is 0 Å². The maximum absolute atomic E-state index is 12.5. The Hall–Kier alpha value is -2.11. The summed E-state index contributed by atoms with van der Waals surface area (Å²) < 4.78 is 32.9. The van der Waals surface area contributed by atoms with Crippen LogP contribution in [0.1, 0.15) is 33.1 Å². The van der Waals surface area contributed by atoms with E-state index in [2.05, 4.69) is 15.0 Å². The minimum atomic E-state index is -3.63. The van der Waals surface area contributed by atoms with Crippen molar-refractivity contribution in [3.8, 4) is 10.6 Å². The van der Waals surface area contributed by atoms with Crippen LogP contribution in [0, 0.1) is 6.92 Å². The van der Waals surface area contributed by atoms with Gasteiger partial charge in [-0.3, -0.25) is 4.79 Å².